The van der Waals surface area contributed by atoms with Gasteiger partial charge in [0.05, 0.1) is 0 Å². The Morgan fingerprint density at radius 1 is 1.35 bits per heavy atom. The summed E-state index contributed by atoms with van der Waals surface area (Å²) < 4.78 is 0.829. The second-order valence-electron chi connectivity index (χ2n) is 4.07. The van der Waals surface area contributed by atoms with Gasteiger partial charge in [-0.15, -0.1) is 10.2 Å². The van der Waals surface area contributed by atoms with Crippen LogP contribution in [0.15, 0.2) is 3.92 Å². The van der Waals surface area contributed by atoms with Gasteiger partial charge in [0.1, 0.15) is 0 Å². The summed E-state index contributed by atoms with van der Waals surface area (Å²) in [7, 11) is 0. The average molecular weight is 321 g/mol. The molecule has 0 saturated carbocycles. The zero-order valence-corrected chi connectivity index (χ0v) is 13.1. The van der Waals surface area contributed by atoms with Gasteiger partial charge in [0.2, 0.25) is 5.13 Å². The Kier molecular flexibility index (Phi) is 6.99. The summed E-state index contributed by atoms with van der Waals surface area (Å²) in [6, 6.07) is 0.449. The van der Waals surface area contributed by atoms with E-state index in [0.29, 0.717) is 6.04 Å². The quantitative estimate of drug-likeness (QED) is 0.798. The van der Waals surface area contributed by atoms with Crippen LogP contribution in [0.25, 0.3) is 0 Å². The first-order chi connectivity index (χ1) is 8.15. The molecule has 1 heterocycles. The van der Waals surface area contributed by atoms with Crippen LogP contribution in [-0.4, -0.2) is 40.8 Å². The molecule has 1 aromatic rings. The molecule has 1 atom stereocenters. The molecule has 0 bridgehead atoms. The number of anilines is 1. The maximum Gasteiger partial charge on any atom is 0.206 e. The predicted octanol–water partition coefficient (Wildman–Crippen LogP) is 3.22. The van der Waals surface area contributed by atoms with Crippen LogP contribution in [0, 0.1) is 0 Å². The summed E-state index contributed by atoms with van der Waals surface area (Å²) in [4.78, 5) is 2.45. The molecule has 0 radical (unpaired) electrons. The highest BCUT2D eigenvalue weighted by atomic mass is 79.9. The van der Waals surface area contributed by atoms with Crippen LogP contribution >= 0.6 is 27.3 Å². The Hall–Kier alpha value is -0.200. The van der Waals surface area contributed by atoms with Crippen molar-refractivity contribution < 1.29 is 0 Å². The molecule has 0 fully saturated rings. The van der Waals surface area contributed by atoms with Gasteiger partial charge in [0.25, 0.3) is 0 Å². The topological polar surface area (TPSA) is 41.0 Å². The molecule has 1 aromatic heterocycles. The minimum Gasteiger partial charge on any atom is -0.358 e. The Bertz CT molecular complexity index is 314. The van der Waals surface area contributed by atoms with Crippen LogP contribution < -0.4 is 5.32 Å². The summed E-state index contributed by atoms with van der Waals surface area (Å²) >= 11 is 4.85. The van der Waals surface area contributed by atoms with Gasteiger partial charge in [-0.2, -0.15) is 0 Å². The SMILES string of the molecule is CCN(CC)CCCC(C)Nc1nnc(Br)s1. The van der Waals surface area contributed by atoms with Crippen molar-refractivity contribution in [3.63, 3.8) is 0 Å². The maximum absolute atomic E-state index is 4.03. The van der Waals surface area contributed by atoms with E-state index in [-0.39, 0.29) is 0 Å². The van der Waals surface area contributed by atoms with E-state index >= 15 is 0 Å². The molecule has 0 spiro atoms. The van der Waals surface area contributed by atoms with Gasteiger partial charge in [-0.25, -0.2) is 0 Å². The van der Waals surface area contributed by atoms with E-state index < -0.39 is 0 Å². The molecular formula is C11H21BrN4S. The standard InChI is InChI=1S/C11H21BrN4S/c1-4-16(5-2)8-6-7-9(3)13-11-15-14-10(12)17-11/h9H,4-8H2,1-3H3,(H,13,15). The Labute approximate surface area is 116 Å². The van der Waals surface area contributed by atoms with Crippen LogP contribution in [-0.2, 0) is 0 Å². The lowest BCUT2D eigenvalue weighted by atomic mass is 10.2. The molecule has 0 aromatic carbocycles. The van der Waals surface area contributed by atoms with Gasteiger partial charge in [-0.1, -0.05) is 25.2 Å². The lowest BCUT2D eigenvalue weighted by molar-refractivity contribution is 0.295. The third kappa shape index (κ3) is 5.79. The molecule has 0 aliphatic rings. The number of halogens is 1. The highest BCUT2D eigenvalue weighted by Gasteiger charge is 2.07. The van der Waals surface area contributed by atoms with Gasteiger partial charge < -0.3 is 10.2 Å². The predicted molar refractivity (Wildman–Crippen MR) is 77.7 cm³/mol. The second-order valence-corrected chi connectivity index (χ2v) is 6.33. The van der Waals surface area contributed by atoms with Crippen LogP contribution in [0.5, 0.6) is 0 Å². The third-order valence-electron chi connectivity index (χ3n) is 2.78. The van der Waals surface area contributed by atoms with Gasteiger partial charge >= 0.3 is 0 Å². The van der Waals surface area contributed by atoms with Crippen LogP contribution in [0.2, 0.25) is 0 Å². The van der Waals surface area contributed by atoms with Gasteiger partial charge in [0.15, 0.2) is 3.92 Å². The van der Waals surface area contributed by atoms with Crippen molar-refractivity contribution in [1.29, 1.82) is 0 Å². The van der Waals surface area contributed by atoms with Crippen LogP contribution in [0.3, 0.4) is 0 Å². The van der Waals surface area contributed by atoms with Crippen molar-refractivity contribution in [2.75, 3.05) is 25.0 Å². The first-order valence-electron chi connectivity index (χ1n) is 6.13. The molecule has 1 rings (SSSR count). The first-order valence-corrected chi connectivity index (χ1v) is 7.74. The number of nitrogens with one attached hydrogen (secondary N) is 1. The number of aromatic nitrogens is 2. The van der Waals surface area contributed by atoms with E-state index in [0.717, 1.165) is 28.6 Å². The largest absolute Gasteiger partial charge is 0.358 e. The Morgan fingerprint density at radius 3 is 2.59 bits per heavy atom. The fraction of sp³-hybridized carbons (Fsp3) is 0.818. The van der Waals surface area contributed by atoms with E-state index in [2.05, 4.69) is 57.1 Å². The average Bonchev–Trinajstić information content (AvgIpc) is 2.70. The highest BCUT2D eigenvalue weighted by Crippen LogP contribution is 2.21. The summed E-state index contributed by atoms with van der Waals surface area (Å²) in [5.41, 5.74) is 0. The van der Waals surface area contributed by atoms with Crippen molar-refractivity contribution in [3.05, 3.63) is 3.92 Å². The zero-order valence-electron chi connectivity index (χ0n) is 10.7. The molecule has 0 aliphatic carbocycles. The monoisotopic (exact) mass is 320 g/mol. The third-order valence-corrected chi connectivity index (χ3v) is 4.06. The summed E-state index contributed by atoms with van der Waals surface area (Å²) in [5.74, 6) is 0. The highest BCUT2D eigenvalue weighted by molar-refractivity contribution is 9.11. The Morgan fingerprint density at radius 2 is 2.06 bits per heavy atom. The smallest absolute Gasteiger partial charge is 0.206 e. The summed E-state index contributed by atoms with van der Waals surface area (Å²) in [6.45, 7) is 10.1. The van der Waals surface area contributed by atoms with E-state index in [1.807, 2.05) is 0 Å². The zero-order chi connectivity index (χ0) is 12.7. The maximum atomic E-state index is 4.03. The summed E-state index contributed by atoms with van der Waals surface area (Å²) in [6.07, 6.45) is 2.38. The fourth-order valence-electron chi connectivity index (χ4n) is 1.71. The molecule has 0 aliphatic heterocycles. The molecule has 98 valence electrons. The van der Waals surface area contributed by atoms with Crippen LogP contribution in [0.1, 0.15) is 33.6 Å². The molecule has 4 nitrogen and oxygen atoms in total. The van der Waals surface area contributed by atoms with E-state index in [4.69, 9.17) is 0 Å². The van der Waals surface area contributed by atoms with Crippen molar-refractivity contribution in [2.24, 2.45) is 0 Å². The Balaban J connectivity index is 2.19. The molecule has 6 heteroatoms. The second kappa shape index (κ2) is 8.00. The lowest BCUT2D eigenvalue weighted by Crippen LogP contribution is -2.25. The van der Waals surface area contributed by atoms with E-state index in [9.17, 15) is 0 Å². The van der Waals surface area contributed by atoms with Crippen molar-refractivity contribution >= 4 is 32.4 Å². The molecule has 1 unspecified atom stereocenters. The van der Waals surface area contributed by atoms with E-state index in [1.165, 1.54) is 24.3 Å². The van der Waals surface area contributed by atoms with Gasteiger partial charge in [-0.3, -0.25) is 0 Å². The van der Waals surface area contributed by atoms with Crippen molar-refractivity contribution in [2.45, 2.75) is 39.7 Å². The fourth-order valence-corrected chi connectivity index (χ4v) is 2.83. The minimum atomic E-state index is 0.449. The molecular weight excluding hydrogens is 300 g/mol. The van der Waals surface area contributed by atoms with Crippen molar-refractivity contribution in [1.82, 2.24) is 15.1 Å². The first kappa shape index (κ1) is 14.9. The number of rotatable bonds is 8. The summed E-state index contributed by atoms with van der Waals surface area (Å²) in [5, 5.41) is 12.2. The van der Waals surface area contributed by atoms with Crippen LogP contribution in [0.4, 0.5) is 5.13 Å². The molecule has 17 heavy (non-hydrogen) atoms. The number of nitrogens with zero attached hydrogens (tertiary/aromatic N) is 3. The molecule has 0 saturated heterocycles. The molecule has 0 amide bonds. The van der Waals surface area contributed by atoms with Crippen molar-refractivity contribution in [3.8, 4) is 0 Å². The number of hydrogen-bond acceptors (Lipinski definition) is 5. The minimum absolute atomic E-state index is 0.449. The van der Waals surface area contributed by atoms with Gasteiger partial charge in [-0.05, 0) is 55.3 Å². The molecule has 1 N–H and O–H groups in total. The lowest BCUT2D eigenvalue weighted by Gasteiger charge is -2.19. The number of hydrogen-bond donors (Lipinski definition) is 1. The van der Waals surface area contributed by atoms with Gasteiger partial charge in [0, 0.05) is 6.04 Å². The van der Waals surface area contributed by atoms with E-state index in [1.54, 1.807) is 0 Å². The normalized spacial score (nSPS) is 13.0.